The third kappa shape index (κ3) is 5.80. The molecule has 19 heavy (non-hydrogen) atoms. The summed E-state index contributed by atoms with van der Waals surface area (Å²) in [6.45, 7) is 4.60. The molecule has 2 aliphatic rings. The molecule has 0 radical (unpaired) electrons. The Kier molecular flexibility index (Phi) is 6.62. The predicted octanol–water partition coefficient (Wildman–Crippen LogP) is 2.44. The number of nitrogens with one attached hydrogen (secondary N) is 2. The Hall–Kier alpha value is -0.120. The lowest BCUT2D eigenvalue weighted by Gasteiger charge is -2.28. The van der Waals surface area contributed by atoms with E-state index in [2.05, 4.69) is 17.6 Å². The van der Waals surface area contributed by atoms with Crippen molar-refractivity contribution in [3.05, 3.63) is 0 Å². The van der Waals surface area contributed by atoms with Gasteiger partial charge in [0.2, 0.25) is 0 Å². The number of hydrogen-bond donors (Lipinski definition) is 3. The van der Waals surface area contributed by atoms with Crippen LogP contribution in [0.4, 0.5) is 0 Å². The van der Waals surface area contributed by atoms with Gasteiger partial charge in [0.15, 0.2) is 0 Å². The predicted molar refractivity (Wildman–Crippen MR) is 80.3 cm³/mol. The van der Waals surface area contributed by atoms with Gasteiger partial charge in [0.25, 0.3) is 0 Å². The topological polar surface area (TPSA) is 44.3 Å². The van der Waals surface area contributed by atoms with Crippen molar-refractivity contribution in [2.75, 3.05) is 13.1 Å². The van der Waals surface area contributed by atoms with Gasteiger partial charge in [0.05, 0.1) is 6.10 Å². The van der Waals surface area contributed by atoms with Gasteiger partial charge in [-0.1, -0.05) is 19.3 Å². The highest BCUT2D eigenvalue weighted by atomic mass is 16.3. The molecule has 1 saturated heterocycles. The van der Waals surface area contributed by atoms with E-state index in [-0.39, 0.29) is 6.10 Å². The summed E-state index contributed by atoms with van der Waals surface area (Å²) in [5.41, 5.74) is 0. The van der Waals surface area contributed by atoms with Gasteiger partial charge in [-0.3, -0.25) is 0 Å². The highest BCUT2D eigenvalue weighted by Gasteiger charge is 2.21. The fraction of sp³-hybridized carbons (Fsp3) is 1.00. The first-order valence-electron chi connectivity index (χ1n) is 8.39. The molecule has 0 aromatic heterocycles. The van der Waals surface area contributed by atoms with Crippen LogP contribution in [0.15, 0.2) is 0 Å². The molecule has 0 aromatic rings. The second-order valence-corrected chi connectivity index (χ2v) is 6.73. The number of rotatable bonds is 5. The molecule has 1 heterocycles. The average molecular weight is 268 g/mol. The van der Waals surface area contributed by atoms with Gasteiger partial charge in [-0.2, -0.15) is 0 Å². The molecule has 3 nitrogen and oxygen atoms in total. The maximum Gasteiger partial charge on any atom is 0.0543 e. The largest absolute Gasteiger partial charge is 0.393 e. The Morgan fingerprint density at radius 3 is 2.89 bits per heavy atom. The summed E-state index contributed by atoms with van der Waals surface area (Å²) in [4.78, 5) is 0. The molecule has 3 heteroatoms. The summed E-state index contributed by atoms with van der Waals surface area (Å²) in [6, 6.07) is 1.30. The van der Waals surface area contributed by atoms with Gasteiger partial charge in [-0.15, -0.1) is 0 Å². The summed E-state index contributed by atoms with van der Waals surface area (Å²) in [5.74, 6) is 0.688. The van der Waals surface area contributed by atoms with Crippen molar-refractivity contribution in [1.82, 2.24) is 10.6 Å². The Labute approximate surface area is 118 Å². The van der Waals surface area contributed by atoms with Crippen molar-refractivity contribution in [3.8, 4) is 0 Å². The number of hydrogen-bond acceptors (Lipinski definition) is 3. The molecule has 1 aliphatic carbocycles. The minimum absolute atomic E-state index is 0.0422. The van der Waals surface area contributed by atoms with Crippen molar-refractivity contribution in [1.29, 1.82) is 0 Å². The lowest BCUT2D eigenvalue weighted by molar-refractivity contribution is 0.0995. The maximum absolute atomic E-state index is 9.70. The zero-order valence-corrected chi connectivity index (χ0v) is 12.5. The van der Waals surface area contributed by atoms with Crippen LogP contribution in [0.3, 0.4) is 0 Å². The van der Waals surface area contributed by atoms with E-state index in [0.29, 0.717) is 18.0 Å². The molecule has 4 atom stereocenters. The highest BCUT2D eigenvalue weighted by molar-refractivity contribution is 4.78. The standard InChI is InChI=1S/C16H32N2O/c1-13(10-15-7-3-2-4-9-17-15)18-12-14-6-5-8-16(19)11-14/h13-19H,2-12H2,1H3. The molecular formula is C16H32N2O. The van der Waals surface area contributed by atoms with Gasteiger partial charge in [0.1, 0.15) is 0 Å². The lowest BCUT2D eigenvalue weighted by Crippen LogP contribution is -2.39. The molecule has 0 amide bonds. The molecule has 2 fully saturated rings. The van der Waals surface area contributed by atoms with Gasteiger partial charge in [-0.05, 0) is 64.5 Å². The van der Waals surface area contributed by atoms with Gasteiger partial charge in [0, 0.05) is 12.1 Å². The van der Waals surface area contributed by atoms with E-state index in [1.807, 2.05) is 0 Å². The number of aliphatic hydroxyl groups is 1. The molecule has 4 unspecified atom stereocenters. The Bertz CT molecular complexity index is 239. The van der Waals surface area contributed by atoms with Crippen molar-refractivity contribution < 1.29 is 5.11 Å². The van der Waals surface area contributed by atoms with Crippen LogP contribution in [-0.2, 0) is 0 Å². The summed E-state index contributed by atoms with van der Waals surface area (Å²) < 4.78 is 0. The van der Waals surface area contributed by atoms with Crippen LogP contribution in [0, 0.1) is 5.92 Å². The first-order valence-corrected chi connectivity index (χ1v) is 8.39. The van der Waals surface area contributed by atoms with E-state index in [4.69, 9.17) is 0 Å². The van der Waals surface area contributed by atoms with Crippen LogP contribution in [0.1, 0.15) is 64.7 Å². The summed E-state index contributed by atoms with van der Waals surface area (Å²) in [5, 5.41) is 17.1. The lowest BCUT2D eigenvalue weighted by atomic mass is 9.87. The van der Waals surface area contributed by atoms with E-state index in [9.17, 15) is 5.11 Å². The first-order chi connectivity index (χ1) is 9.24. The molecule has 1 aliphatic heterocycles. The third-order valence-electron chi connectivity index (χ3n) is 4.81. The second kappa shape index (κ2) is 8.23. The normalized spacial score (nSPS) is 34.7. The van der Waals surface area contributed by atoms with Crippen LogP contribution in [0.5, 0.6) is 0 Å². The molecule has 2 rings (SSSR count). The molecule has 0 aromatic carbocycles. The van der Waals surface area contributed by atoms with E-state index in [1.54, 1.807) is 0 Å². The molecule has 3 N–H and O–H groups in total. The zero-order valence-electron chi connectivity index (χ0n) is 12.5. The monoisotopic (exact) mass is 268 g/mol. The Morgan fingerprint density at radius 2 is 2.05 bits per heavy atom. The van der Waals surface area contributed by atoms with Crippen molar-refractivity contribution >= 4 is 0 Å². The molecule has 1 saturated carbocycles. The SMILES string of the molecule is CC(CC1CCCCCN1)NCC1CCCC(O)C1. The van der Waals surface area contributed by atoms with Crippen molar-refractivity contribution in [3.63, 3.8) is 0 Å². The fourth-order valence-electron chi connectivity index (χ4n) is 3.63. The zero-order chi connectivity index (χ0) is 13.5. The molecule has 0 spiro atoms. The third-order valence-corrected chi connectivity index (χ3v) is 4.81. The highest BCUT2D eigenvalue weighted by Crippen LogP contribution is 2.23. The van der Waals surface area contributed by atoms with Crippen molar-refractivity contribution in [2.24, 2.45) is 5.92 Å². The summed E-state index contributed by atoms with van der Waals surface area (Å²) in [6.07, 6.45) is 11.2. The van der Waals surface area contributed by atoms with Crippen LogP contribution in [0.25, 0.3) is 0 Å². The summed E-state index contributed by atoms with van der Waals surface area (Å²) >= 11 is 0. The van der Waals surface area contributed by atoms with E-state index in [0.717, 1.165) is 19.4 Å². The van der Waals surface area contributed by atoms with E-state index >= 15 is 0 Å². The Balaban J connectivity index is 1.61. The van der Waals surface area contributed by atoms with E-state index < -0.39 is 0 Å². The van der Waals surface area contributed by atoms with Crippen LogP contribution in [-0.4, -0.2) is 36.4 Å². The van der Waals surface area contributed by atoms with Crippen LogP contribution in [0.2, 0.25) is 0 Å². The first kappa shape index (κ1) is 15.3. The molecular weight excluding hydrogens is 236 g/mol. The molecule has 112 valence electrons. The van der Waals surface area contributed by atoms with Gasteiger partial charge < -0.3 is 15.7 Å². The van der Waals surface area contributed by atoms with Crippen LogP contribution < -0.4 is 10.6 Å². The van der Waals surface area contributed by atoms with Gasteiger partial charge >= 0.3 is 0 Å². The Morgan fingerprint density at radius 1 is 1.16 bits per heavy atom. The molecule has 0 bridgehead atoms. The van der Waals surface area contributed by atoms with E-state index in [1.165, 1.54) is 51.5 Å². The minimum atomic E-state index is -0.0422. The van der Waals surface area contributed by atoms with Crippen LogP contribution >= 0.6 is 0 Å². The summed E-state index contributed by atoms with van der Waals surface area (Å²) in [7, 11) is 0. The second-order valence-electron chi connectivity index (χ2n) is 6.73. The smallest absolute Gasteiger partial charge is 0.0543 e. The van der Waals surface area contributed by atoms with Gasteiger partial charge in [-0.25, -0.2) is 0 Å². The number of aliphatic hydroxyl groups excluding tert-OH is 1. The average Bonchev–Trinajstić information content (AvgIpc) is 2.65. The maximum atomic E-state index is 9.70. The fourth-order valence-corrected chi connectivity index (χ4v) is 3.63. The van der Waals surface area contributed by atoms with Crippen molar-refractivity contribution in [2.45, 2.75) is 82.9 Å². The minimum Gasteiger partial charge on any atom is -0.393 e. The quantitative estimate of drug-likeness (QED) is 0.717.